The first kappa shape index (κ1) is 15.3. The second-order valence-electron chi connectivity index (χ2n) is 5.37. The Bertz CT molecular complexity index is 594. The van der Waals surface area contributed by atoms with Crippen LogP contribution in [0.2, 0.25) is 0 Å². The van der Waals surface area contributed by atoms with Crippen molar-refractivity contribution in [3.05, 3.63) is 28.7 Å². The van der Waals surface area contributed by atoms with Crippen LogP contribution < -0.4 is 10.9 Å². The number of carbonyl (C=O) groups excluding carboxylic acids is 1. The Morgan fingerprint density at radius 3 is 2.57 bits per heavy atom. The van der Waals surface area contributed by atoms with Crippen molar-refractivity contribution < 1.29 is 14.7 Å². The van der Waals surface area contributed by atoms with Crippen molar-refractivity contribution in [2.45, 2.75) is 39.2 Å². The zero-order valence-electron chi connectivity index (χ0n) is 12.0. The summed E-state index contributed by atoms with van der Waals surface area (Å²) in [5.74, 6) is -2.30. The van der Waals surface area contributed by atoms with Crippen molar-refractivity contribution in [1.82, 2.24) is 4.57 Å². The Balaban J connectivity index is 2.13. The highest BCUT2D eigenvalue weighted by Gasteiger charge is 2.35. The molecule has 2 atom stereocenters. The van der Waals surface area contributed by atoms with E-state index in [1.54, 1.807) is 12.3 Å². The van der Waals surface area contributed by atoms with Gasteiger partial charge in [0.2, 0.25) is 5.91 Å². The quantitative estimate of drug-likeness (QED) is 0.884. The number of rotatable bonds is 4. The van der Waals surface area contributed by atoms with E-state index in [1.807, 2.05) is 6.92 Å². The van der Waals surface area contributed by atoms with Gasteiger partial charge in [0.15, 0.2) is 0 Å². The molecule has 1 fully saturated rings. The zero-order chi connectivity index (χ0) is 15.4. The first-order chi connectivity index (χ1) is 10.0. The molecule has 21 heavy (non-hydrogen) atoms. The lowest BCUT2D eigenvalue weighted by molar-refractivity contribution is -0.147. The Morgan fingerprint density at radius 1 is 1.29 bits per heavy atom. The predicted molar refractivity (Wildman–Crippen MR) is 78.1 cm³/mol. The number of anilines is 1. The monoisotopic (exact) mass is 292 g/mol. The summed E-state index contributed by atoms with van der Waals surface area (Å²) >= 11 is 0. The SMILES string of the molecule is CCn1cc(NC(=O)[C@@H]2CCCC[C@@H]2C(=O)O)ccc1=O. The summed E-state index contributed by atoms with van der Waals surface area (Å²) in [6.45, 7) is 2.36. The average Bonchev–Trinajstić information content (AvgIpc) is 2.49. The normalized spacial score (nSPS) is 21.8. The summed E-state index contributed by atoms with van der Waals surface area (Å²) in [5, 5.41) is 12.0. The van der Waals surface area contributed by atoms with Gasteiger partial charge in [-0.3, -0.25) is 14.4 Å². The molecular formula is C15H20N2O4. The lowest BCUT2D eigenvalue weighted by atomic mass is 9.78. The van der Waals surface area contributed by atoms with Crippen LogP contribution in [0.4, 0.5) is 5.69 Å². The van der Waals surface area contributed by atoms with Crippen molar-refractivity contribution in [3.63, 3.8) is 0 Å². The van der Waals surface area contributed by atoms with Crippen molar-refractivity contribution in [2.24, 2.45) is 11.8 Å². The maximum absolute atomic E-state index is 12.3. The van der Waals surface area contributed by atoms with Gasteiger partial charge in [-0.1, -0.05) is 12.8 Å². The van der Waals surface area contributed by atoms with Gasteiger partial charge in [-0.05, 0) is 25.8 Å². The lowest BCUT2D eigenvalue weighted by Gasteiger charge is -2.27. The number of hydrogen-bond donors (Lipinski definition) is 2. The Kier molecular flexibility index (Phi) is 4.77. The molecule has 2 rings (SSSR count). The topological polar surface area (TPSA) is 88.4 Å². The van der Waals surface area contributed by atoms with Crippen molar-refractivity contribution in [3.8, 4) is 0 Å². The van der Waals surface area contributed by atoms with Crippen LogP contribution in [0.5, 0.6) is 0 Å². The standard InChI is InChI=1S/C15H20N2O4/c1-2-17-9-10(7-8-13(17)18)16-14(19)11-5-3-4-6-12(11)15(20)21/h7-9,11-12H,2-6H2,1H3,(H,16,19)(H,20,21)/t11-,12+/m1/s1. The van der Waals surface area contributed by atoms with E-state index in [9.17, 15) is 19.5 Å². The number of carbonyl (C=O) groups is 2. The molecule has 1 aliphatic rings. The third-order valence-electron chi connectivity index (χ3n) is 4.01. The summed E-state index contributed by atoms with van der Waals surface area (Å²) in [6, 6.07) is 2.94. The molecule has 1 aromatic heterocycles. The van der Waals surface area contributed by atoms with Crippen LogP contribution in [0.25, 0.3) is 0 Å². The summed E-state index contributed by atoms with van der Waals surface area (Å²) in [6.07, 6.45) is 4.44. The largest absolute Gasteiger partial charge is 0.481 e. The minimum Gasteiger partial charge on any atom is -0.481 e. The van der Waals surface area contributed by atoms with Gasteiger partial charge in [0, 0.05) is 18.8 Å². The number of aromatic nitrogens is 1. The summed E-state index contributed by atoms with van der Waals surface area (Å²) in [4.78, 5) is 35.1. The van der Waals surface area contributed by atoms with E-state index in [0.29, 0.717) is 25.1 Å². The van der Waals surface area contributed by atoms with E-state index in [4.69, 9.17) is 0 Å². The van der Waals surface area contributed by atoms with Gasteiger partial charge >= 0.3 is 5.97 Å². The molecule has 0 bridgehead atoms. The maximum atomic E-state index is 12.3. The number of carboxylic acids is 1. The first-order valence-corrected chi connectivity index (χ1v) is 7.27. The molecular weight excluding hydrogens is 272 g/mol. The first-order valence-electron chi connectivity index (χ1n) is 7.27. The molecule has 0 radical (unpaired) electrons. The van der Waals surface area contributed by atoms with Gasteiger partial charge in [0.05, 0.1) is 17.5 Å². The van der Waals surface area contributed by atoms with E-state index in [2.05, 4.69) is 5.32 Å². The van der Waals surface area contributed by atoms with Gasteiger partial charge in [-0.25, -0.2) is 0 Å². The fourth-order valence-corrected chi connectivity index (χ4v) is 2.83. The summed E-state index contributed by atoms with van der Waals surface area (Å²) < 4.78 is 1.49. The van der Waals surface area contributed by atoms with E-state index in [-0.39, 0.29) is 11.5 Å². The van der Waals surface area contributed by atoms with Crippen LogP contribution in [0.15, 0.2) is 23.1 Å². The van der Waals surface area contributed by atoms with Crippen molar-refractivity contribution in [2.75, 3.05) is 5.32 Å². The Hall–Kier alpha value is -2.11. The van der Waals surface area contributed by atoms with Crippen LogP contribution >= 0.6 is 0 Å². The van der Waals surface area contributed by atoms with E-state index in [0.717, 1.165) is 12.8 Å². The van der Waals surface area contributed by atoms with Crippen LogP contribution in [-0.4, -0.2) is 21.6 Å². The number of carboxylic acid groups (broad SMARTS) is 1. The van der Waals surface area contributed by atoms with Gasteiger partial charge in [-0.15, -0.1) is 0 Å². The summed E-state index contributed by atoms with van der Waals surface area (Å²) in [5.41, 5.74) is 0.396. The zero-order valence-corrected chi connectivity index (χ0v) is 12.0. The summed E-state index contributed by atoms with van der Waals surface area (Å²) in [7, 11) is 0. The minimum absolute atomic E-state index is 0.128. The highest BCUT2D eigenvalue weighted by molar-refractivity contribution is 5.95. The molecule has 2 N–H and O–H groups in total. The second kappa shape index (κ2) is 6.56. The van der Waals surface area contributed by atoms with Gasteiger partial charge in [-0.2, -0.15) is 0 Å². The molecule has 6 nitrogen and oxygen atoms in total. The number of hydrogen-bond acceptors (Lipinski definition) is 3. The number of pyridine rings is 1. The molecule has 1 aromatic rings. The van der Waals surface area contributed by atoms with Gasteiger partial charge in [0.25, 0.3) is 5.56 Å². The molecule has 1 saturated carbocycles. The molecule has 1 amide bonds. The molecule has 1 aliphatic carbocycles. The fraction of sp³-hybridized carbons (Fsp3) is 0.533. The molecule has 0 aromatic carbocycles. The lowest BCUT2D eigenvalue weighted by Crippen LogP contribution is -2.36. The molecule has 0 aliphatic heterocycles. The number of amides is 1. The Morgan fingerprint density at radius 2 is 1.95 bits per heavy atom. The number of aliphatic carboxylic acids is 1. The molecule has 0 spiro atoms. The van der Waals surface area contributed by atoms with Crippen molar-refractivity contribution in [1.29, 1.82) is 0 Å². The molecule has 6 heteroatoms. The van der Waals surface area contributed by atoms with Gasteiger partial charge < -0.3 is 15.0 Å². The minimum atomic E-state index is -0.909. The second-order valence-corrected chi connectivity index (χ2v) is 5.37. The van der Waals surface area contributed by atoms with Crippen LogP contribution in [-0.2, 0) is 16.1 Å². The van der Waals surface area contributed by atoms with E-state index in [1.165, 1.54) is 10.6 Å². The third kappa shape index (κ3) is 3.51. The fourth-order valence-electron chi connectivity index (χ4n) is 2.83. The maximum Gasteiger partial charge on any atom is 0.307 e. The third-order valence-corrected chi connectivity index (χ3v) is 4.01. The highest BCUT2D eigenvalue weighted by atomic mass is 16.4. The number of nitrogens with zero attached hydrogens (tertiary/aromatic N) is 1. The smallest absolute Gasteiger partial charge is 0.307 e. The molecule has 0 saturated heterocycles. The molecule has 1 heterocycles. The average molecular weight is 292 g/mol. The van der Waals surface area contributed by atoms with Crippen LogP contribution in [0.1, 0.15) is 32.6 Å². The number of aryl methyl sites for hydroxylation is 1. The van der Waals surface area contributed by atoms with Crippen LogP contribution in [0.3, 0.4) is 0 Å². The Labute approximate surface area is 122 Å². The molecule has 114 valence electrons. The predicted octanol–water partition coefficient (Wildman–Crippen LogP) is 1.70. The van der Waals surface area contributed by atoms with E-state index < -0.39 is 17.8 Å². The van der Waals surface area contributed by atoms with E-state index >= 15 is 0 Å². The molecule has 0 unspecified atom stereocenters. The highest BCUT2D eigenvalue weighted by Crippen LogP contribution is 2.31. The van der Waals surface area contributed by atoms with Gasteiger partial charge in [0.1, 0.15) is 0 Å². The van der Waals surface area contributed by atoms with Crippen molar-refractivity contribution >= 4 is 17.6 Å². The number of nitrogens with one attached hydrogen (secondary N) is 1. The van der Waals surface area contributed by atoms with Crippen LogP contribution in [0, 0.1) is 11.8 Å².